The monoisotopic (exact) mass is 613 g/mol. The van der Waals surface area contributed by atoms with Crippen LogP contribution in [-0.4, -0.2) is 82.6 Å². The van der Waals surface area contributed by atoms with E-state index < -0.39 is 41.7 Å². The van der Waals surface area contributed by atoms with Crippen LogP contribution in [0.5, 0.6) is 0 Å². The van der Waals surface area contributed by atoms with E-state index in [-0.39, 0.29) is 43.8 Å². The summed E-state index contributed by atoms with van der Waals surface area (Å²) < 4.78 is 12.9. The Kier molecular flexibility index (Phi) is 9.14. The van der Waals surface area contributed by atoms with E-state index >= 15 is 0 Å². The summed E-state index contributed by atoms with van der Waals surface area (Å²) in [5, 5.41) is 12.3. The number of cyclic esters (lactones) is 1. The van der Waals surface area contributed by atoms with E-state index in [0.29, 0.717) is 37.9 Å². The quantitative estimate of drug-likeness (QED) is 0.280. The molecule has 10 nitrogen and oxygen atoms in total. The first-order valence-corrected chi connectivity index (χ1v) is 15.7. The van der Waals surface area contributed by atoms with Crippen molar-refractivity contribution in [3.8, 4) is 0 Å². The van der Waals surface area contributed by atoms with Crippen LogP contribution in [0, 0.1) is 11.8 Å². The molecule has 3 amide bonds. The summed E-state index contributed by atoms with van der Waals surface area (Å²) in [5.41, 5.74) is 0.276. The van der Waals surface area contributed by atoms with Gasteiger partial charge in [-0.3, -0.25) is 19.2 Å². The molecular formula is C35H39N3O7. The number of ether oxygens (including phenoxy) is 2. The Morgan fingerprint density at radius 3 is 2.44 bits per heavy atom. The second kappa shape index (κ2) is 13.4. The average molecular weight is 614 g/mol. The van der Waals surface area contributed by atoms with Gasteiger partial charge in [0.1, 0.15) is 23.7 Å². The van der Waals surface area contributed by atoms with Gasteiger partial charge in [-0.2, -0.15) is 0 Å². The van der Waals surface area contributed by atoms with E-state index in [1.54, 1.807) is 28.0 Å². The summed E-state index contributed by atoms with van der Waals surface area (Å²) in [6.45, 7) is 0.966. The number of amides is 3. The minimum absolute atomic E-state index is 0.0367. The van der Waals surface area contributed by atoms with Crippen molar-refractivity contribution in [1.82, 2.24) is 15.1 Å². The lowest BCUT2D eigenvalue weighted by molar-refractivity contribution is -0.160. The second-order valence-corrected chi connectivity index (χ2v) is 12.0. The molecule has 6 atom stereocenters. The van der Waals surface area contributed by atoms with Gasteiger partial charge in [0.15, 0.2) is 0 Å². The molecule has 2 aromatic rings. The summed E-state index contributed by atoms with van der Waals surface area (Å²) >= 11 is 0. The van der Waals surface area contributed by atoms with Crippen LogP contribution in [0.3, 0.4) is 0 Å². The number of aliphatic hydroxyl groups excluding tert-OH is 1. The molecule has 45 heavy (non-hydrogen) atoms. The van der Waals surface area contributed by atoms with Gasteiger partial charge in [0.2, 0.25) is 17.7 Å². The van der Waals surface area contributed by atoms with Crippen LogP contribution in [0.2, 0.25) is 0 Å². The number of hydrogen-bond acceptors (Lipinski definition) is 7. The molecule has 10 heteroatoms. The third-order valence-corrected chi connectivity index (χ3v) is 9.15. The van der Waals surface area contributed by atoms with Crippen molar-refractivity contribution < 1.29 is 33.8 Å². The zero-order valence-corrected chi connectivity index (χ0v) is 25.1. The summed E-state index contributed by atoms with van der Waals surface area (Å²) in [6, 6.07) is 17.8. The molecule has 6 rings (SSSR count). The van der Waals surface area contributed by atoms with Crippen molar-refractivity contribution in [2.75, 3.05) is 26.2 Å². The van der Waals surface area contributed by atoms with Crippen LogP contribution in [0.15, 0.2) is 85.0 Å². The number of allylic oxidation sites excluding steroid dienone is 1. The number of carbonyl (C=O) groups excluding carboxylic acids is 4. The summed E-state index contributed by atoms with van der Waals surface area (Å²) in [7, 11) is 0. The number of hydrogen-bond donors (Lipinski definition) is 2. The molecule has 2 saturated heterocycles. The molecule has 236 valence electrons. The van der Waals surface area contributed by atoms with Crippen LogP contribution in [-0.2, 0) is 35.2 Å². The predicted molar refractivity (Wildman–Crippen MR) is 164 cm³/mol. The van der Waals surface area contributed by atoms with Gasteiger partial charge in [0.05, 0.1) is 18.6 Å². The van der Waals surface area contributed by atoms with Crippen molar-refractivity contribution in [3.05, 3.63) is 96.1 Å². The minimum atomic E-state index is -1.39. The fourth-order valence-corrected chi connectivity index (χ4v) is 7.03. The number of carbonyl (C=O) groups is 4. The molecule has 0 unspecified atom stereocenters. The van der Waals surface area contributed by atoms with Gasteiger partial charge in [-0.25, -0.2) is 0 Å². The van der Waals surface area contributed by atoms with Crippen molar-refractivity contribution in [2.24, 2.45) is 11.8 Å². The van der Waals surface area contributed by atoms with Gasteiger partial charge in [0, 0.05) is 32.7 Å². The predicted octanol–water partition coefficient (Wildman–Crippen LogP) is 2.69. The number of fused-ring (bicyclic) bond motifs is 2. The molecule has 0 aliphatic carbocycles. The van der Waals surface area contributed by atoms with E-state index in [2.05, 4.69) is 5.32 Å². The summed E-state index contributed by atoms with van der Waals surface area (Å²) in [6.07, 6.45) is 7.19. The highest BCUT2D eigenvalue weighted by atomic mass is 16.6. The molecule has 2 N–H and O–H groups in total. The molecule has 4 aliphatic heterocycles. The maximum Gasteiger partial charge on any atom is 0.313 e. The number of likely N-dealkylation sites (tertiary alicyclic amines) is 1. The normalized spacial score (nSPS) is 30.7. The van der Waals surface area contributed by atoms with Gasteiger partial charge >= 0.3 is 5.97 Å². The van der Waals surface area contributed by atoms with Crippen LogP contribution in [0.4, 0.5) is 0 Å². The molecule has 1 spiro atoms. The highest BCUT2D eigenvalue weighted by molar-refractivity contribution is 5.99. The number of rotatable bonds is 7. The molecule has 0 saturated carbocycles. The molecular weight excluding hydrogens is 574 g/mol. The first kappa shape index (κ1) is 30.7. The molecule has 0 aromatic heterocycles. The van der Waals surface area contributed by atoms with Gasteiger partial charge in [-0.1, -0.05) is 85.0 Å². The molecule has 2 fully saturated rings. The maximum absolute atomic E-state index is 14.4. The SMILES string of the molecule is O=C1CC/C=C\[C@@H]2O[C@@]34C=CCN(Cc5ccccc5)C(=O)[C@@H]3N(CCCCO)C(=O)[C@H]4[C@@H]2C(=O)O[C@@H](c2ccccc2)CN1. The number of unbranched alkanes of at least 4 members (excludes halogenated alkanes) is 1. The topological polar surface area (TPSA) is 125 Å². The molecule has 0 radical (unpaired) electrons. The molecule has 4 heterocycles. The number of nitrogens with zero attached hydrogens (tertiary/aromatic N) is 2. The minimum Gasteiger partial charge on any atom is -0.455 e. The molecule has 2 aromatic carbocycles. The van der Waals surface area contributed by atoms with Gasteiger partial charge in [-0.05, 0) is 30.4 Å². The summed E-state index contributed by atoms with van der Waals surface area (Å²) in [5.74, 6) is -3.39. The van der Waals surface area contributed by atoms with Gasteiger partial charge in [0.25, 0.3) is 0 Å². The lowest BCUT2D eigenvalue weighted by atomic mass is 9.78. The Hall–Kier alpha value is -4.28. The van der Waals surface area contributed by atoms with E-state index in [4.69, 9.17) is 9.47 Å². The Morgan fingerprint density at radius 1 is 0.933 bits per heavy atom. The maximum atomic E-state index is 14.4. The third kappa shape index (κ3) is 6.04. The zero-order valence-electron chi connectivity index (χ0n) is 25.1. The van der Waals surface area contributed by atoms with Crippen molar-refractivity contribution in [2.45, 2.75) is 56.1 Å². The average Bonchev–Trinajstić information content (AvgIpc) is 3.44. The zero-order chi connectivity index (χ0) is 31.4. The largest absolute Gasteiger partial charge is 0.455 e. The Bertz CT molecular complexity index is 1460. The Labute approximate surface area is 262 Å². The second-order valence-electron chi connectivity index (χ2n) is 12.0. The highest BCUT2D eigenvalue weighted by Gasteiger charge is 2.71. The van der Waals surface area contributed by atoms with Crippen molar-refractivity contribution in [3.63, 3.8) is 0 Å². The van der Waals surface area contributed by atoms with Crippen LogP contribution in [0.25, 0.3) is 0 Å². The third-order valence-electron chi connectivity index (χ3n) is 9.15. The van der Waals surface area contributed by atoms with Crippen LogP contribution in [0.1, 0.15) is 42.9 Å². The fraction of sp³-hybridized carbons (Fsp3) is 0.429. The molecule has 0 bridgehead atoms. The van der Waals surface area contributed by atoms with E-state index in [9.17, 15) is 24.3 Å². The van der Waals surface area contributed by atoms with Gasteiger partial charge < -0.3 is 29.7 Å². The van der Waals surface area contributed by atoms with E-state index in [1.165, 1.54) is 0 Å². The first-order valence-electron chi connectivity index (χ1n) is 15.7. The van der Waals surface area contributed by atoms with Gasteiger partial charge in [-0.15, -0.1) is 0 Å². The lowest BCUT2D eigenvalue weighted by Crippen LogP contribution is -2.55. The van der Waals surface area contributed by atoms with E-state index in [0.717, 1.165) is 5.56 Å². The van der Waals surface area contributed by atoms with E-state index in [1.807, 2.05) is 66.7 Å². The Morgan fingerprint density at radius 2 is 1.69 bits per heavy atom. The molecule has 4 aliphatic rings. The Balaban J connectivity index is 1.39. The highest BCUT2D eigenvalue weighted by Crippen LogP contribution is 2.53. The number of esters is 1. The van der Waals surface area contributed by atoms with Crippen molar-refractivity contribution >= 4 is 23.7 Å². The summed E-state index contributed by atoms with van der Waals surface area (Å²) in [4.78, 5) is 58.9. The lowest BCUT2D eigenvalue weighted by Gasteiger charge is -2.35. The standard InChI is InChI=1S/C35H39N3O7/c39-21-10-9-20-38-31-33(42)37(23-24-12-3-1-4-13-24)19-11-18-35(31)30(32(38)41)29-26(45-35)16-7-8-17-28(40)36-22-27(44-34(29)43)25-14-5-2-6-15-25/h1-7,11-16,18,26-27,29-31,39H,8-10,17,19-23H2,(H,36,40)/b16-7-/t26-,27+,29+,30+,31-,35+/m0/s1. The number of aliphatic hydroxyl groups is 1. The smallest absolute Gasteiger partial charge is 0.313 e. The van der Waals surface area contributed by atoms with Crippen molar-refractivity contribution in [1.29, 1.82) is 0 Å². The number of benzene rings is 2. The first-order chi connectivity index (χ1) is 21.9. The number of nitrogens with one attached hydrogen (secondary N) is 1. The van der Waals surface area contributed by atoms with Crippen LogP contribution < -0.4 is 5.32 Å². The van der Waals surface area contributed by atoms with Crippen LogP contribution >= 0.6 is 0 Å². The fourth-order valence-electron chi connectivity index (χ4n) is 7.03.